The highest BCUT2D eigenvalue weighted by Gasteiger charge is 2.29. The van der Waals surface area contributed by atoms with Crippen LogP contribution in [0.25, 0.3) is 10.9 Å². The maximum absolute atomic E-state index is 13.3. The van der Waals surface area contributed by atoms with Crippen molar-refractivity contribution in [3.8, 4) is 0 Å². The summed E-state index contributed by atoms with van der Waals surface area (Å²) in [6.45, 7) is 4.15. The Morgan fingerprint density at radius 1 is 0.706 bits per heavy atom. The fraction of sp³-hybridized carbons (Fsp3) is 0.370. The van der Waals surface area contributed by atoms with Crippen LogP contribution in [0.2, 0.25) is 0 Å². The first-order valence-corrected chi connectivity index (χ1v) is 12.1. The zero-order valence-corrected chi connectivity index (χ0v) is 19.4. The number of rotatable bonds is 5. The smallest absolute Gasteiger partial charge is 0.295 e. The summed E-state index contributed by atoms with van der Waals surface area (Å²) < 4.78 is 1.82. The zero-order valence-electron chi connectivity index (χ0n) is 19.4. The molecule has 0 radical (unpaired) electrons. The highest BCUT2D eigenvalue weighted by molar-refractivity contribution is 6.44. The molecule has 2 aliphatic heterocycles. The Bertz CT molecular complexity index is 1190. The average molecular weight is 459 g/mol. The number of anilines is 1. The van der Waals surface area contributed by atoms with Gasteiger partial charge in [-0.15, -0.1) is 0 Å². The largest absolute Gasteiger partial charge is 0.368 e. The van der Waals surface area contributed by atoms with Gasteiger partial charge in [0.1, 0.15) is 6.54 Å². The van der Waals surface area contributed by atoms with Crippen LogP contribution in [0, 0.1) is 0 Å². The van der Waals surface area contributed by atoms with Gasteiger partial charge in [0.05, 0.1) is 5.56 Å². The van der Waals surface area contributed by atoms with Gasteiger partial charge in [-0.2, -0.15) is 0 Å². The molecule has 3 aromatic rings. The van der Waals surface area contributed by atoms with Gasteiger partial charge in [-0.1, -0.05) is 36.4 Å². The summed E-state index contributed by atoms with van der Waals surface area (Å²) in [5.74, 6) is -0.922. The van der Waals surface area contributed by atoms with E-state index in [0.29, 0.717) is 31.7 Å². The van der Waals surface area contributed by atoms with Gasteiger partial charge in [0.25, 0.3) is 11.7 Å². The number of benzene rings is 2. The van der Waals surface area contributed by atoms with E-state index in [2.05, 4.69) is 17.0 Å². The minimum absolute atomic E-state index is 0.0582. The van der Waals surface area contributed by atoms with Crippen LogP contribution in [0.15, 0.2) is 60.8 Å². The second-order valence-corrected chi connectivity index (χ2v) is 9.07. The maximum atomic E-state index is 13.3. The van der Waals surface area contributed by atoms with Crippen LogP contribution in [0.4, 0.5) is 5.69 Å². The summed E-state index contributed by atoms with van der Waals surface area (Å²) in [6, 6.07) is 17.6. The van der Waals surface area contributed by atoms with Crippen molar-refractivity contribution in [2.45, 2.75) is 25.8 Å². The van der Waals surface area contributed by atoms with E-state index in [1.165, 1.54) is 0 Å². The number of fused-ring (bicyclic) bond motifs is 1. The highest BCUT2D eigenvalue weighted by atomic mass is 16.2. The molecular formula is C27H30N4O3. The predicted octanol–water partition coefficient (Wildman–Crippen LogP) is 3.19. The van der Waals surface area contributed by atoms with Gasteiger partial charge in [0, 0.05) is 62.1 Å². The minimum atomic E-state index is -0.506. The number of carbonyl (C=O) groups is 3. The molecule has 34 heavy (non-hydrogen) atoms. The molecule has 0 bridgehead atoms. The number of piperazine rings is 1. The number of para-hydroxylation sites is 2. The van der Waals surface area contributed by atoms with E-state index in [9.17, 15) is 14.4 Å². The van der Waals surface area contributed by atoms with Crippen molar-refractivity contribution in [3.63, 3.8) is 0 Å². The van der Waals surface area contributed by atoms with E-state index < -0.39 is 11.7 Å². The lowest BCUT2D eigenvalue weighted by Gasteiger charge is -2.35. The second-order valence-electron chi connectivity index (χ2n) is 9.07. The zero-order chi connectivity index (χ0) is 23.5. The van der Waals surface area contributed by atoms with Gasteiger partial charge >= 0.3 is 0 Å². The number of hydrogen-bond acceptors (Lipinski definition) is 4. The normalized spacial score (nSPS) is 16.6. The number of nitrogens with zero attached hydrogens (tertiary/aromatic N) is 4. The van der Waals surface area contributed by atoms with Gasteiger partial charge in [0.15, 0.2) is 0 Å². The Hall–Kier alpha value is -3.61. The first kappa shape index (κ1) is 22.2. The summed E-state index contributed by atoms with van der Waals surface area (Å²) in [7, 11) is 0. The first-order chi connectivity index (χ1) is 16.6. The van der Waals surface area contributed by atoms with Crippen molar-refractivity contribution in [2.24, 2.45) is 0 Å². The molecule has 2 fully saturated rings. The summed E-state index contributed by atoms with van der Waals surface area (Å²) >= 11 is 0. The van der Waals surface area contributed by atoms with Crippen LogP contribution >= 0.6 is 0 Å². The Kier molecular flexibility index (Phi) is 6.34. The van der Waals surface area contributed by atoms with Crippen molar-refractivity contribution < 1.29 is 14.4 Å². The molecule has 176 valence electrons. The quantitative estimate of drug-likeness (QED) is 0.435. The SMILES string of the molecule is O=C(C(=O)N1CCN(c2ccccc2)CC1)c1cn(CC(=O)N2CCCCC2)c2ccccc12. The molecule has 1 aromatic heterocycles. The third-order valence-corrected chi connectivity index (χ3v) is 6.93. The number of likely N-dealkylation sites (tertiary alicyclic amines) is 1. The molecule has 2 saturated heterocycles. The average Bonchev–Trinajstić information content (AvgIpc) is 3.27. The molecule has 3 heterocycles. The molecule has 0 saturated carbocycles. The molecular weight excluding hydrogens is 428 g/mol. The van der Waals surface area contributed by atoms with Crippen LogP contribution < -0.4 is 4.90 Å². The monoisotopic (exact) mass is 458 g/mol. The van der Waals surface area contributed by atoms with E-state index >= 15 is 0 Å². The van der Waals surface area contributed by atoms with Gasteiger partial charge < -0.3 is 19.3 Å². The molecule has 0 spiro atoms. The van der Waals surface area contributed by atoms with Gasteiger partial charge in [0.2, 0.25) is 5.91 Å². The van der Waals surface area contributed by atoms with Crippen molar-refractivity contribution >= 4 is 34.2 Å². The molecule has 5 rings (SSSR count). The van der Waals surface area contributed by atoms with Crippen molar-refractivity contribution in [2.75, 3.05) is 44.2 Å². The molecule has 7 heteroatoms. The first-order valence-electron chi connectivity index (χ1n) is 12.1. The molecule has 0 N–H and O–H groups in total. The topological polar surface area (TPSA) is 65.9 Å². The number of piperidine rings is 1. The Morgan fingerprint density at radius 2 is 1.38 bits per heavy atom. The van der Waals surface area contributed by atoms with E-state index in [-0.39, 0.29) is 12.5 Å². The van der Waals surface area contributed by atoms with Crippen LogP contribution in [-0.2, 0) is 16.1 Å². The number of hydrogen-bond donors (Lipinski definition) is 0. The Morgan fingerprint density at radius 3 is 2.12 bits per heavy atom. The number of ketones is 1. The summed E-state index contributed by atoms with van der Waals surface area (Å²) in [5.41, 5.74) is 2.30. The van der Waals surface area contributed by atoms with E-state index in [1.54, 1.807) is 11.1 Å². The molecule has 7 nitrogen and oxygen atoms in total. The lowest BCUT2D eigenvalue weighted by molar-refractivity contribution is -0.132. The third-order valence-electron chi connectivity index (χ3n) is 6.93. The number of carbonyl (C=O) groups excluding carboxylic acids is 3. The number of aromatic nitrogens is 1. The van der Waals surface area contributed by atoms with Crippen LogP contribution in [0.5, 0.6) is 0 Å². The van der Waals surface area contributed by atoms with Gasteiger partial charge in [-0.05, 0) is 37.5 Å². The van der Waals surface area contributed by atoms with Gasteiger partial charge in [-0.3, -0.25) is 14.4 Å². The van der Waals surface area contributed by atoms with Crippen molar-refractivity contribution in [3.05, 3.63) is 66.4 Å². The van der Waals surface area contributed by atoms with Crippen LogP contribution in [-0.4, -0.2) is 71.2 Å². The fourth-order valence-electron chi connectivity index (χ4n) is 5.01. The Balaban J connectivity index is 1.31. The molecule has 0 atom stereocenters. The van der Waals surface area contributed by atoms with Crippen molar-refractivity contribution in [1.29, 1.82) is 0 Å². The molecule has 2 aliphatic rings. The van der Waals surface area contributed by atoms with E-state index in [4.69, 9.17) is 0 Å². The fourth-order valence-corrected chi connectivity index (χ4v) is 5.01. The van der Waals surface area contributed by atoms with E-state index in [1.807, 2.05) is 51.9 Å². The predicted molar refractivity (Wildman–Crippen MR) is 132 cm³/mol. The molecule has 2 aromatic carbocycles. The van der Waals surface area contributed by atoms with Crippen LogP contribution in [0.1, 0.15) is 29.6 Å². The molecule has 0 unspecified atom stereocenters. The minimum Gasteiger partial charge on any atom is -0.368 e. The standard InChI is InChI=1S/C27H30N4O3/c32-25(29-13-7-2-8-14-29)20-31-19-23(22-11-5-6-12-24(22)31)26(33)27(34)30-17-15-28(16-18-30)21-9-3-1-4-10-21/h1,3-6,9-12,19H,2,7-8,13-18,20H2. The van der Waals surface area contributed by atoms with Crippen molar-refractivity contribution in [1.82, 2.24) is 14.4 Å². The number of amides is 2. The summed E-state index contributed by atoms with van der Waals surface area (Å²) in [4.78, 5) is 45.1. The third kappa shape index (κ3) is 4.42. The molecule has 0 aliphatic carbocycles. The van der Waals surface area contributed by atoms with E-state index in [0.717, 1.165) is 48.9 Å². The van der Waals surface area contributed by atoms with Crippen LogP contribution in [0.3, 0.4) is 0 Å². The maximum Gasteiger partial charge on any atom is 0.295 e. The highest BCUT2D eigenvalue weighted by Crippen LogP contribution is 2.24. The van der Waals surface area contributed by atoms with Gasteiger partial charge in [-0.25, -0.2) is 0 Å². The Labute approximate surface area is 199 Å². The number of Topliss-reactive ketones (excluding diaryl/α,β-unsaturated/α-hetero) is 1. The molecule has 2 amide bonds. The summed E-state index contributed by atoms with van der Waals surface area (Å²) in [5, 5.41) is 0.718. The summed E-state index contributed by atoms with van der Waals surface area (Å²) in [6.07, 6.45) is 4.92. The lowest BCUT2D eigenvalue weighted by atomic mass is 10.1. The second kappa shape index (κ2) is 9.71. The lowest BCUT2D eigenvalue weighted by Crippen LogP contribution is -2.50.